The molecule has 1 fully saturated rings. The highest BCUT2D eigenvalue weighted by Gasteiger charge is 2.31. The van der Waals surface area contributed by atoms with E-state index in [4.69, 9.17) is 4.74 Å². The van der Waals surface area contributed by atoms with Crippen LogP contribution in [-0.4, -0.2) is 38.6 Å². The van der Waals surface area contributed by atoms with Crippen LogP contribution < -0.4 is 10.1 Å². The zero-order valence-electron chi connectivity index (χ0n) is 9.35. The number of aliphatic hydroxyl groups is 1. The third-order valence-corrected chi connectivity index (χ3v) is 3.45. The first-order valence-corrected chi connectivity index (χ1v) is 6.24. The Hall–Kier alpha value is -0.720. The molecule has 2 N–H and O–H groups in total. The summed E-state index contributed by atoms with van der Waals surface area (Å²) in [5.41, 5.74) is 0.225. The average Bonchev–Trinajstić information content (AvgIpc) is 2.73. The van der Waals surface area contributed by atoms with Gasteiger partial charge in [-0.3, -0.25) is 0 Å². The summed E-state index contributed by atoms with van der Waals surface area (Å²) < 4.78 is 13.0. The molecule has 6 heteroatoms. The van der Waals surface area contributed by atoms with Crippen LogP contribution in [0, 0.1) is 0 Å². The van der Waals surface area contributed by atoms with Gasteiger partial charge in [-0.25, -0.2) is 0 Å². The highest BCUT2D eigenvalue weighted by atomic mass is 32.1. The minimum absolute atomic E-state index is 0.225. The van der Waals surface area contributed by atoms with Gasteiger partial charge in [-0.2, -0.15) is 4.37 Å². The summed E-state index contributed by atoms with van der Waals surface area (Å²) in [6.45, 7) is 3.01. The maximum atomic E-state index is 9.70. The largest absolute Gasteiger partial charge is 0.473 e. The van der Waals surface area contributed by atoms with Gasteiger partial charge in [0.1, 0.15) is 18.9 Å². The zero-order valence-corrected chi connectivity index (χ0v) is 10.2. The Morgan fingerprint density at radius 3 is 3.06 bits per heavy atom. The number of rotatable bonds is 6. The van der Waals surface area contributed by atoms with Gasteiger partial charge in [-0.15, -0.1) is 4.37 Å². The van der Waals surface area contributed by atoms with Crippen molar-refractivity contribution in [2.75, 3.05) is 13.2 Å². The summed E-state index contributed by atoms with van der Waals surface area (Å²) in [5.74, 6) is 0.485. The quantitative estimate of drug-likeness (QED) is 0.774. The molecule has 0 aromatic carbocycles. The van der Waals surface area contributed by atoms with Crippen molar-refractivity contribution >= 4 is 11.7 Å². The fraction of sp³-hybridized carbons (Fsp3) is 0.800. The number of ether oxygens (including phenoxy) is 1. The SMILES string of the molecule is CC1(NCC(O)COc2cnsn2)CCC1. The Kier molecular flexibility index (Phi) is 3.73. The molecule has 16 heavy (non-hydrogen) atoms. The molecule has 1 heterocycles. The van der Waals surface area contributed by atoms with Gasteiger partial charge in [0.25, 0.3) is 0 Å². The molecular weight excluding hydrogens is 226 g/mol. The lowest BCUT2D eigenvalue weighted by molar-refractivity contribution is 0.0853. The second kappa shape index (κ2) is 5.07. The molecule has 0 aliphatic heterocycles. The molecule has 1 aliphatic rings. The van der Waals surface area contributed by atoms with Crippen molar-refractivity contribution in [2.45, 2.75) is 37.8 Å². The number of aromatic nitrogens is 2. The van der Waals surface area contributed by atoms with E-state index in [1.807, 2.05) is 0 Å². The van der Waals surface area contributed by atoms with Crippen molar-refractivity contribution < 1.29 is 9.84 Å². The number of hydrogen-bond acceptors (Lipinski definition) is 6. The summed E-state index contributed by atoms with van der Waals surface area (Å²) in [6.07, 6.45) is 4.71. The van der Waals surface area contributed by atoms with Gasteiger partial charge in [0.2, 0.25) is 5.88 Å². The van der Waals surface area contributed by atoms with Gasteiger partial charge in [0, 0.05) is 12.1 Å². The van der Waals surface area contributed by atoms with E-state index < -0.39 is 6.10 Å². The van der Waals surface area contributed by atoms with Gasteiger partial charge in [0.05, 0.1) is 11.7 Å². The van der Waals surface area contributed by atoms with E-state index in [-0.39, 0.29) is 12.1 Å². The van der Waals surface area contributed by atoms with Crippen molar-refractivity contribution in [2.24, 2.45) is 0 Å². The monoisotopic (exact) mass is 243 g/mol. The van der Waals surface area contributed by atoms with E-state index in [1.165, 1.54) is 19.3 Å². The lowest BCUT2D eigenvalue weighted by Gasteiger charge is -2.40. The Balaban J connectivity index is 1.62. The van der Waals surface area contributed by atoms with Crippen LogP contribution in [0.4, 0.5) is 0 Å². The normalized spacial score (nSPS) is 20.1. The zero-order chi connectivity index (χ0) is 11.4. The van der Waals surface area contributed by atoms with Crippen LogP contribution in [-0.2, 0) is 0 Å². The van der Waals surface area contributed by atoms with E-state index in [0.717, 1.165) is 11.7 Å². The first-order chi connectivity index (χ1) is 7.68. The summed E-state index contributed by atoms with van der Waals surface area (Å²) in [4.78, 5) is 0. The van der Waals surface area contributed by atoms with Gasteiger partial charge >= 0.3 is 0 Å². The molecule has 1 aliphatic carbocycles. The fourth-order valence-corrected chi connectivity index (χ4v) is 2.07. The van der Waals surface area contributed by atoms with Gasteiger partial charge < -0.3 is 15.2 Å². The van der Waals surface area contributed by atoms with Crippen LogP contribution in [0.5, 0.6) is 5.88 Å². The summed E-state index contributed by atoms with van der Waals surface area (Å²) in [7, 11) is 0. The van der Waals surface area contributed by atoms with Gasteiger partial charge in [0.15, 0.2) is 0 Å². The van der Waals surface area contributed by atoms with Crippen molar-refractivity contribution in [3.8, 4) is 5.88 Å². The van der Waals surface area contributed by atoms with Crippen LogP contribution in [0.2, 0.25) is 0 Å². The Labute approximate surface area is 99.2 Å². The van der Waals surface area contributed by atoms with E-state index >= 15 is 0 Å². The van der Waals surface area contributed by atoms with Crippen molar-refractivity contribution in [3.63, 3.8) is 0 Å². The van der Waals surface area contributed by atoms with E-state index in [1.54, 1.807) is 6.20 Å². The minimum Gasteiger partial charge on any atom is -0.473 e. The lowest BCUT2D eigenvalue weighted by Crippen LogP contribution is -2.51. The van der Waals surface area contributed by atoms with Crippen LogP contribution >= 0.6 is 11.7 Å². The third kappa shape index (κ3) is 3.13. The lowest BCUT2D eigenvalue weighted by atomic mass is 9.78. The highest BCUT2D eigenvalue weighted by molar-refractivity contribution is 6.99. The van der Waals surface area contributed by atoms with E-state index in [2.05, 4.69) is 21.0 Å². The predicted molar refractivity (Wildman–Crippen MR) is 61.7 cm³/mol. The molecule has 2 rings (SSSR count). The maximum Gasteiger partial charge on any atom is 0.245 e. The van der Waals surface area contributed by atoms with Crippen molar-refractivity contribution in [3.05, 3.63) is 6.20 Å². The van der Waals surface area contributed by atoms with Gasteiger partial charge in [-0.1, -0.05) is 0 Å². The molecule has 0 saturated heterocycles. The second-order valence-corrected chi connectivity index (χ2v) is 5.06. The molecule has 5 nitrogen and oxygen atoms in total. The van der Waals surface area contributed by atoms with Crippen LogP contribution in [0.15, 0.2) is 6.20 Å². The van der Waals surface area contributed by atoms with Crippen molar-refractivity contribution in [1.82, 2.24) is 14.1 Å². The number of aliphatic hydroxyl groups excluding tert-OH is 1. The molecule has 1 aromatic heterocycles. The summed E-state index contributed by atoms with van der Waals surface area (Å²) >= 11 is 1.10. The predicted octanol–water partition coefficient (Wildman–Crippen LogP) is 0.810. The van der Waals surface area contributed by atoms with E-state index in [9.17, 15) is 5.11 Å². The number of hydrogen-bond donors (Lipinski definition) is 2. The first kappa shape index (κ1) is 11.8. The summed E-state index contributed by atoms with van der Waals surface area (Å²) in [6, 6.07) is 0. The Bertz CT molecular complexity index is 314. The number of nitrogens with one attached hydrogen (secondary N) is 1. The van der Waals surface area contributed by atoms with Crippen molar-refractivity contribution in [1.29, 1.82) is 0 Å². The molecule has 0 amide bonds. The third-order valence-electron chi connectivity index (χ3n) is 2.99. The Morgan fingerprint density at radius 2 is 2.50 bits per heavy atom. The smallest absolute Gasteiger partial charge is 0.245 e. The standard InChI is InChI=1S/C10H17N3O2S/c1-10(3-2-4-10)11-5-8(14)7-15-9-6-12-16-13-9/h6,8,11,14H,2-5,7H2,1H3. The number of β-amino-alcohol motifs (C(OH)–C–C–N with tert-alkyl or cyclic N) is 1. The van der Waals surface area contributed by atoms with Crippen LogP contribution in [0.3, 0.4) is 0 Å². The molecule has 0 radical (unpaired) electrons. The van der Waals surface area contributed by atoms with Crippen LogP contribution in [0.25, 0.3) is 0 Å². The van der Waals surface area contributed by atoms with Crippen LogP contribution in [0.1, 0.15) is 26.2 Å². The minimum atomic E-state index is -0.501. The molecule has 1 saturated carbocycles. The fourth-order valence-electron chi connectivity index (χ4n) is 1.71. The molecule has 1 atom stereocenters. The average molecular weight is 243 g/mol. The number of nitrogens with zero attached hydrogens (tertiary/aromatic N) is 2. The maximum absolute atomic E-state index is 9.70. The first-order valence-electron chi connectivity index (χ1n) is 5.51. The highest BCUT2D eigenvalue weighted by Crippen LogP contribution is 2.30. The second-order valence-electron chi connectivity index (χ2n) is 4.51. The molecule has 1 unspecified atom stereocenters. The molecule has 1 aromatic rings. The van der Waals surface area contributed by atoms with Gasteiger partial charge in [-0.05, 0) is 26.2 Å². The molecule has 90 valence electrons. The molecule has 0 spiro atoms. The molecule has 0 bridgehead atoms. The van der Waals surface area contributed by atoms with E-state index in [0.29, 0.717) is 12.4 Å². The molecular formula is C10H17N3O2S. The topological polar surface area (TPSA) is 67.3 Å². The summed E-state index contributed by atoms with van der Waals surface area (Å²) in [5, 5.41) is 13.1. The Morgan fingerprint density at radius 1 is 1.69 bits per heavy atom.